The van der Waals surface area contributed by atoms with Gasteiger partial charge in [0.2, 0.25) is 5.91 Å². The number of nitrogens with zero attached hydrogens (tertiary/aromatic N) is 2. The number of carboxylic acids is 1. The Kier molecular flexibility index (Phi) is 12.4. The number of hydrogen-bond acceptors (Lipinski definition) is 5. The molecule has 2 atom stereocenters. The summed E-state index contributed by atoms with van der Waals surface area (Å²) in [4.78, 5) is 46.1. The molecule has 5 rings (SSSR count). The van der Waals surface area contributed by atoms with Crippen LogP contribution in [0.15, 0.2) is 71.3 Å². The molecule has 2 aromatic rings. The van der Waals surface area contributed by atoms with E-state index >= 15 is 0 Å². The highest BCUT2D eigenvalue weighted by Gasteiger charge is 2.39. The van der Waals surface area contributed by atoms with Crippen LogP contribution in [0.4, 0.5) is 0 Å². The van der Waals surface area contributed by atoms with Gasteiger partial charge in [0.15, 0.2) is 0 Å². The van der Waals surface area contributed by atoms with Gasteiger partial charge in [-0.05, 0) is 96.6 Å². The van der Waals surface area contributed by atoms with Crippen molar-refractivity contribution in [3.8, 4) is 0 Å². The molecule has 2 N–H and O–H groups in total. The third-order valence-corrected chi connectivity index (χ3v) is 12.6. The van der Waals surface area contributed by atoms with E-state index < -0.39 is 17.9 Å². The summed E-state index contributed by atoms with van der Waals surface area (Å²) in [6.07, 6.45) is 17.2. The third kappa shape index (κ3) is 9.30. The maximum absolute atomic E-state index is 13.5. The van der Waals surface area contributed by atoms with Crippen molar-refractivity contribution < 1.29 is 19.5 Å². The van der Waals surface area contributed by atoms with Gasteiger partial charge in [-0.25, -0.2) is 0 Å². The number of carboxylic acid groups (broad SMARTS) is 1. The maximum Gasteiger partial charge on any atom is 0.310 e. The minimum Gasteiger partial charge on any atom is -0.481 e. The molecule has 2 heterocycles. The van der Waals surface area contributed by atoms with Gasteiger partial charge in [-0.15, -0.1) is 11.3 Å². The van der Waals surface area contributed by atoms with Gasteiger partial charge >= 0.3 is 5.97 Å². The van der Waals surface area contributed by atoms with Crippen molar-refractivity contribution in [3.05, 3.63) is 87.2 Å². The van der Waals surface area contributed by atoms with Crippen LogP contribution >= 0.6 is 11.3 Å². The molecule has 1 saturated heterocycles. The molecular weight excluding hydrogens is 643 g/mol. The standard InChI is InChI=1S/C42H55N3O4S/c1-7-28-9-15-33(16-10-28)34-19-17-32(18-20-34)30(8-2)24-43-27(3)31-13-11-29(12-14-31)23-36(40(47)45-25-35(26-45)41(48)49)44-39(46)37-21-22-38(50-37)42(4,5)6/h8,11-14,17,21-22,24,28,33-36H,3,7,9-10,15-16,18-20,23,25-26H2,1-2,4-6H3,(H,44,46)(H,48,49)/b30-8+,43-24-. The largest absolute Gasteiger partial charge is 0.481 e. The number of likely N-dealkylation sites (tertiary alicyclic amines) is 1. The highest BCUT2D eigenvalue weighted by molar-refractivity contribution is 7.14. The van der Waals surface area contributed by atoms with E-state index in [4.69, 9.17) is 4.99 Å². The van der Waals surface area contributed by atoms with E-state index in [0.29, 0.717) is 10.6 Å². The van der Waals surface area contributed by atoms with Crippen molar-refractivity contribution >= 4 is 41.0 Å². The lowest BCUT2D eigenvalue weighted by molar-refractivity contribution is -0.153. The van der Waals surface area contributed by atoms with Crippen LogP contribution in [0, 0.1) is 23.7 Å². The van der Waals surface area contributed by atoms with E-state index in [1.807, 2.05) is 36.5 Å². The highest BCUT2D eigenvalue weighted by atomic mass is 32.1. The fraction of sp³-hybridized carbons (Fsp3) is 0.524. The van der Waals surface area contributed by atoms with Crippen LogP contribution < -0.4 is 5.32 Å². The quantitative estimate of drug-likeness (QED) is 0.217. The molecule has 8 heteroatoms. The molecule has 3 aliphatic rings. The average molecular weight is 698 g/mol. The van der Waals surface area contributed by atoms with Crippen LogP contribution in [-0.4, -0.2) is 53.1 Å². The van der Waals surface area contributed by atoms with E-state index in [-0.39, 0.29) is 36.7 Å². The molecule has 0 bridgehead atoms. The van der Waals surface area contributed by atoms with Crippen molar-refractivity contribution in [2.24, 2.45) is 28.7 Å². The molecular formula is C42H55N3O4S. The van der Waals surface area contributed by atoms with Crippen LogP contribution in [0.5, 0.6) is 0 Å². The Morgan fingerprint density at radius 3 is 2.30 bits per heavy atom. The van der Waals surface area contributed by atoms with E-state index in [1.165, 1.54) is 60.3 Å². The van der Waals surface area contributed by atoms with Crippen LogP contribution in [0.1, 0.15) is 112 Å². The van der Waals surface area contributed by atoms with Gasteiger partial charge in [0.25, 0.3) is 5.91 Å². The summed E-state index contributed by atoms with van der Waals surface area (Å²) in [7, 11) is 0. The molecule has 0 radical (unpaired) electrons. The summed E-state index contributed by atoms with van der Waals surface area (Å²) in [5.74, 6) is 0.577. The molecule has 2 fully saturated rings. The summed E-state index contributed by atoms with van der Waals surface area (Å²) in [6.45, 7) is 15.2. The van der Waals surface area contributed by atoms with E-state index in [9.17, 15) is 19.5 Å². The highest BCUT2D eigenvalue weighted by Crippen LogP contribution is 2.41. The number of aliphatic imine (C=N–C) groups is 1. The average Bonchev–Trinajstić information content (AvgIpc) is 3.60. The second-order valence-electron chi connectivity index (χ2n) is 15.5. The van der Waals surface area contributed by atoms with E-state index in [2.05, 4.69) is 58.7 Å². The first kappa shape index (κ1) is 37.5. The smallest absolute Gasteiger partial charge is 0.310 e. The molecule has 1 aromatic carbocycles. The zero-order valence-corrected chi connectivity index (χ0v) is 31.4. The summed E-state index contributed by atoms with van der Waals surface area (Å²) >= 11 is 1.42. The van der Waals surface area contributed by atoms with Gasteiger partial charge in [0, 0.05) is 30.6 Å². The lowest BCUT2D eigenvalue weighted by Crippen LogP contribution is -2.59. The minimum absolute atomic E-state index is 0.0875. The van der Waals surface area contributed by atoms with Gasteiger partial charge in [0.05, 0.1) is 16.5 Å². The first-order valence-electron chi connectivity index (χ1n) is 18.5. The van der Waals surface area contributed by atoms with Gasteiger partial charge in [-0.2, -0.15) is 0 Å². The van der Waals surface area contributed by atoms with Crippen molar-refractivity contribution in [1.29, 1.82) is 0 Å². The Labute approximate surface area is 302 Å². The number of benzene rings is 1. The number of thiophene rings is 1. The Balaban J connectivity index is 1.20. The Hall–Kier alpha value is -3.78. The number of rotatable bonds is 12. The van der Waals surface area contributed by atoms with Gasteiger partial charge in [0.1, 0.15) is 6.04 Å². The Morgan fingerprint density at radius 2 is 1.74 bits per heavy atom. The van der Waals surface area contributed by atoms with E-state index in [1.54, 1.807) is 6.07 Å². The molecule has 1 saturated carbocycles. The molecule has 2 aliphatic carbocycles. The molecule has 268 valence electrons. The van der Waals surface area contributed by atoms with Crippen molar-refractivity contribution in [1.82, 2.24) is 10.2 Å². The van der Waals surface area contributed by atoms with Gasteiger partial charge in [-0.3, -0.25) is 19.4 Å². The lowest BCUT2D eigenvalue weighted by atomic mass is 9.70. The third-order valence-electron chi connectivity index (χ3n) is 11.1. The number of amides is 2. The summed E-state index contributed by atoms with van der Waals surface area (Å²) in [6, 6.07) is 10.7. The van der Waals surface area contributed by atoms with Crippen LogP contribution in [0.2, 0.25) is 0 Å². The summed E-state index contributed by atoms with van der Waals surface area (Å²) in [5.41, 5.74) is 4.87. The number of nitrogens with one attached hydrogen (secondary N) is 1. The molecule has 2 amide bonds. The fourth-order valence-corrected chi connectivity index (χ4v) is 8.54. The van der Waals surface area contributed by atoms with Gasteiger partial charge < -0.3 is 15.3 Å². The summed E-state index contributed by atoms with van der Waals surface area (Å²) in [5, 5.41) is 12.3. The number of carbonyl (C=O) groups excluding carboxylic acids is 2. The van der Waals surface area contributed by atoms with Crippen molar-refractivity contribution in [2.45, 2.75) is 104 Å². The zero-order valence-electron chi connectivity index (χ0n) is 30.5. The summed E-state index contributed by atoms with van der Waals surface area (Å²) < 4.78 is 0. The number of allylic oxidation sites excluding steroid dienone is 4. The second-order valence-corrected chi connectivity index (χ2v) is 16.6. The molecule has 50 heavy (non-hydrogen) atoms. The molecule has 1 aliphatic heterocycles. The predicted octanol–water partition coefficient (Wildman–Crippen LogP) is 8.86. The van der Waals surface area contributed by atoms with E-state index in [0.717, 1.165) is 52.2 Å². The van der Waals surface area contributed by atoms with Crippen molar-refractivity contribution in [3.63, 3.8) is 0 Å². The maximum atomic E-state index is 13.5. The van der Waals surface area contributed by atoms with Crippen molar-refractivity contribution in [2.75, 3.05) is 13.1 Å². The molecule has 0 spiro atoms. The predicted molar refractivity (Wildman–Crippen MR) is 205 cm³/mol. The van der Waals surface area contributed by atoms with Crippen LogP contribution in [0.3, 0.4) is 0 Å². The number of carbonyl (C=O) groups is 3. The fourth-order valence-electron chi connectivity index (χ4n) is 7.57. The minimum atomic E-state index is -0.910. The Morgan fingerprint density at radius 1 is 1.04 bits per heavy atom. The van der Waals surface area contributed by atoms with Gasteiger partial charge in [-0.1, -0.05) is 90.0 Å². The van der Waals surface area contributed by atoms with Crippen LogP contribution in [-0.2, 0) is 21.4 Å². The lowest BCUT2D eigenvalue weighted by Gasteiger charge is -2.38. The number of hydrogen-bond donors (Lipinski definition) is 2. The molecule has 7 nitrogen and oxygen atoms in total. The van der Waals surface area contributed by atoms with Crippen LogP contribution in [0.25, 0.3) is 5.70 Å². The first-order chi connectivity index (χ1) is 23.9. The number of aliphatic carboxylic acids is 1. The Bertz CT molecular complexity index is 1630. The second kappa shape index (κ2) is 16.5. The zero-order chi connectivity index (χ0) is 36.0. The first-order valence-corrected chi connectivity index (χ1v) is 19.3. The SMILES string of the molecule is C=C(/N=C\C(=C/C)C1=CCC(C2CCC(CC)CC2)CC1)c1ccc(CC(NC(=O)c2ccc(C(C)(C)C)s2)C(=O)N2CC(C(=O)O)C2)cc1. The molecule has 1 aromatic heterocycles. The topological polar surface area (TPSA) is 99.1 Å². The molecule has 2 unspecified atom stereocenters. The normalized spacial score (nSPS) is 22.5. The monoisotopic (exact) mass is 697 g/mol.